The van der Waals surface area contributed by atoms with E-state index in [-0.39, 0.29) is 13.0 Å². The molecule has 13 heteroatoms. The molecule has 1 aromatic carbocycles. The molecule has 1 aliphatic heterocycles. The Hall–Kier alpha value is -2.80. The molecule has 2 aromatic heterocycles. The summed E-state index contributed by atoms with van der Waals surface area (Å²) in [6.07, 6.45) is 3.72. The minimum Gasteiger partial charge on any atom is -0.365 e. The zero-order chi connectivity index (χ0) is 22.5. The summed E-state index contributed by atoms with van der Waals surface area (Å²) < 4.78 is 95.6. The molecule has 7 nitrogen and oxygen atoms in total. The highest BCUT2D eigenvalue weighted by atomic mass is 32.2. The summed E-state index contributed by atoms with van der Waals surface area (Å²) in [5, 5.41) is 3.72. The van der Waals surface area contributed by atoms with Crippen LogP contribution in [-0.2, 0) is 10.0 Å². The van der Waals surface area contributed by atoms with Crippen LogP contribution in [-0.4, -0.2) is 46.3 Å². The van der Waals surface area contributed by atoms with Gasteiger partial charge in [0.15, 0.2) is 28.2 Å². The van der Waals surface area contributed by atoms with Crippen LogP contribution >= 0.6 is 0 Å². The first-order valence-corrected chi connectivity index (χ1v) is 10.6. The number of aromatic nitrogens is 3. The summed E-state index contributed by atoms with van der Waals surface area (Å²) in [5.74, 6) is -11.4. The predicted molar refractivity (Wildman–Crippen MR) is 100 cm³/mol. The number of nitrogens with one attached hydrogen (secondary N) is 2. The van der Waals surface area contributed by atoms with E-state index >= 15 is 0 Å². The Morgan fingerprint density at radius 2 is 1.68 bits per heavy atom. The van der Waals surface area contributed by atoms with Crippen LogP contribution in [0.1, 0.15) is 19.8 Å². The normalized spacial score (nSPS) is 20.3. The number of benzene rings is 1. The smallest absolute Gasteiger partial charge is 0.249 e. The van der Waals surface area contributed by atoms with Crippen LogP contribution in [0, 0.1) is 29.1 Å². The molecule has 0 saturated carbocycles. The highest BCUT2D eigenvalue weighted by molar-refractivity contribution is 7.89. The van der Waals surface area contributed by atoms with Gasteiger partial charge < -0.3 is 10.3 Å². The SMILES string of the molecule is C[C@H]1CC[C@@H](Nc2ncnc3[nH]ccc23)CN1S(=O)(=O)c1c(F)c(F)c(F)c(F)c1F. The lowest BCUT2D eigenvalue weighted by atomic mass is 10.0. The van der Waals surface area contributed by atoms with E-state index in [0.717, 1.165) is 4.31 Å². The van der Waals surface area contributed by atoms with Gasteiger partial charge in [0.1, 0.15) is 17.8 Å². The molecule has 0 bridgehead atoms. The molecule has 1 aliphatic rings. The number of halogens is 5. The number of anilines is 1. The van der Waals surface area contributed by atoms with Gasteiger partial charge in [-0.3, -0.25) is 0 Å². The van der Waals surface area contributed by atoms with Crippen molar-refractivity contribution in [2.45, 2.75) is 36.7 Å². The molecule has 0 radical (unpaired) electrons. The Bertz CT molecular complexity index is 1240. The highest BCUT2D eigenvalue weighted by Gasteiger charge is 2.41. The van der Waals surface area contributed by atoms with E-state index in [2.05, 4.69) is 20.3 Å². The van der Waals surface area contributed by atoms with Crippen LogP contribution in [0.3, 0.4) is 0 Å². The van der Waals surface area contributed by atoms with E-state index in [1.807, 2.05) is 0 Å². The molecule has 4 rings (SSSR count). The molecule has 3 aromatic rings. The molecule has 0 amide bonds. The highest BCUT2D eigenvalue weighted by Crippen LogP contribution is 2.33. The van der Waals surface area contributed by atoms with Crippen molar-refractivity contribution in [3.05, 3.63) is 47.7 Å². The second-order valence-electron chi connectivity index (χ2n) is 7.20. The monoisotopic (exact) mass is 461 g/mol. The van der Waals surface area contributed by atoms with E-state index in [1.54, 1.807) is 12.3 Å². The van der Waals surface area contributed by atoms with Gasteiger partial charge in [0.2, 0.25) is 15.8 Å². The van der Waals surface area contributed by atoms with Crippen molar-refractivity contribution in [2.24, 2.45) is 0 Å². The summed E-state index contributed by atoms with van der Waals surface area (Å²) in [5.41, 5.74) is 0.549. The van der Waals surface area contributed by atoms with Crippen molar-refractivity contribution in [3.63, 3.8) is 0 Å². The van der Waals surface area contributed by atoms with E-state index in [9.17, 15) is 30.4 Å². The van der Waals surface area contributed by atoms with Gasteiger partial charge in [0.05, 0.1) is 5.39 Å². The van der Waals surface area contributed by atoms with Gasteiger partial charge >= 0.3 is 0 Å². The minimum absolute atomic E-state index is 0.265. The van der Waals surface area contributed by atoms with Crippen LogP contribution in [0.5, 0.6) is 0 Å². The van der Waals surface area contributed by atoms with Gasteiger partial charge in [0, 0.05) is 24.8 Å². The Morgan fingerprint density at radius 1 is 1.03 bits per heavy atom. The number of fused-ring (bicyclic) bond motifs is 1. The van der Waals surface area contributed by atoms with E-state index < -0.39 is 56.1 Å². The first kappa shape index (κ1) is 21.4. The first-order valence-electron chi connectivity index (χ1n) is 9.20. The van der Waals surface area contributed by atoms with E-state index in [0.29, 0.717) is 23.3 Å². The molecule has 1 saturated heterocycles. The number of nitrogens with zero attached hydrogens (tertiary/aromatic N) is 3. The number of H-pyrrole nitrogens is 1. The van der Waals surface area contributed by atoms with Crippen molar-refractivity contribution < 1.29 is 30.4 Å². The molecule has 3 heterocycles. The summed E-state index contributed by atoms with van der Waals surface area (Å²) in [7, 11) is -5.03. The third-order valence-electron chi connectivity index (χ3n) is 5.26. The van der Waals surface area contributed by atoms with Crippen LogP contribution in [0.4, 0.5) is 27.8 Å². The maximum Gasteiger partial charge on any atom is 0.249 e. The fourth-order valence-corrected chi connectivity index (χ4v) is 5.46. The molecule has 0 spiro atoms. The Balaban J connectivity index is 1.68. The zero-order valence-electron chi connectivity index (χ0n) is 16.0. The van der Waals surface area contributed by atoms with Crippen molar-refractivity contribution in [1.82, 2.24) is 19.3 Å². The lowest BCUT2D eigenvalue weighted by molar-refractivity contribution is 0.250. The fraction of sp³-hybridized carbons (Fsp3) is 0.333. The number of piperidine rings is 1. The van der Waals surface area contributed by atoms with Gasteiger partial charge in [-0.15, -0.1) is 0 Å². The summed E-state index contributed by atoms with van der Waals surface area (Å²) in [6.45, 7) is 1.23. The molecule has 2 atom stereocenters. The third-order valence-corrected chi connectivity index (χ3v) is 7.26. The predicted octanol–water partition coefficient (Wildman–Crippen LogP) is 3.31. The Morgan fingerprint density at radius 3 is 2.35 bits per heavy atom. The van der Waals surface area contributed by atoms with Gasteiger partial charge in [-0.25, -0.2) is 40.3 Å². The summed E-state index contributed by atoms with van der Waals surface area (Å²) in [6, 6.07) is 0.461. The molecule has 31 heavy (non-hydrogen) atoms. The molecule has 166 valence electrons. The van der Waals surface area contributed by atoms with Crippen LogP contribution in [0.2, 0.25) is 0 Å². The second-order valence-corrected chi connectivity index (χ2v) is 9.03. The number of sulfonamides is 1. The van der Waals surface area contributed by atoms with Crippen LogP contribution < -0.4 is 5.32 Å². The van der Waals surface area contributed by atoms with Gasteiger partial charge in [-0.1, -0.05) is 0 Å². The van der Waals surface area contributed by atoms with Crippen molar-refractivity contribution >= 4 is 26.9 Å². The molecule has 1 fully saturated rings. The summed E-state index contributed by atoms with van der Waals surface area (Å²) >= 11 is 0. The maximum absolute atomic E-state index is 14.2. The second kappa shape index (κ2) is 7.71. The van der Waals surface area contributed by atoms with Crippen LogP contribution in [0.15, 0.2) is 23.5 Å². The summed E-state index contributed by atoms with van der Waals surface area (Å²) in [4.78, 5) is 9.22. The molecule has 0 unspecified atom stereocenters. The average molecular weight is 461 g/mol. The Labute approximate surface area is 173 Å². The average Bonchev–Trinajstić information content (AvgIpc) is 3.22. The third kappa shape index (κ3) is 3.51. The van der Waals surface area contributed by atoms with Crippen LogP contribution in [0.25, 0.3) is 11.0 Å². The lowest BCUT2D eigenvalue weighted by Gasteiger charge is -2.37. The quantitative estimate of drug-likeness (QED) is 0.354. The van der Waals surface area contributed by atoms with E-state index in [1.165, 1.54) is 13.3 Å². The number of hydrogen-bond acceptors (Lipinski definition) is 5. The minimum atomic E-state index is -5.03. The first-order chi connectivity index (χ1) is 14.6. The lowest BCUT2D eigenvalue weighted by Crippen LogP contribution is -2.50. The Kier molecular flexibility index (Phi) is 5.33. The largest absolute Gasteiger partial charge is 0.365 e. The molecule has 2 N–H and O–H groups in total. The molecular weight excluding hydrogens is 445 g/mol. The zero-order valence-corrected chi connectivity index (χ0v) is 16.8. The molecular formula is C18H16F5N5O2S. The van der Waals surface area contributed by atoms with E-state index in [4.69, 9.17) is 0 Å². The van der Waals surface area contributed by atoms with Gasteiger partial charge in [0.25, 0.3) is 0 Å². The van der Waals surface area contributed by atoms with Crippen molar-refractivity contribution in [1.29, 1.82) is 0 Å². The topological polar surface area (TPSA) is 91.0 Å². The van der Waals surface area contributed by atoms with Gasteiger partial charge in [-0.2, -0.15) is 4.31 Å². The number of rotatable bonds is 4. The number of aromatic amines is 1. The van der Waals surface area contributed by atoms with Crippen molar-refractivity contribution in [2.75, 3.05) is 11.9 Å². The fourth-order valence-electron chi connectivity index (χ4n) is 3.64. The maximum atomic E-state index is 14.2. The van der Waals surface area contributed by atoms with Gasteiger partial charge in [-0.05, 0) is 25.8 Å². The van der Waals surface area contributed by atoms with Crippen molar-refractivity contribution in [3.8, 4) is 0 Å². The standard InChI is InChI=1S/C18H16F5N5O2S/c1-8-2-3-9(27-18-10-4-5-24-17(10)25-7-26-18)6-28(8)31(29,30)16-14(22)12(20)11(19)13(21)15(16)23/h4-5,7-9H,2-3,6H2,1H3,(H2,24,25,26,27)/t8-,9+/m0/s1. The molecule has 0 aliphatic carbocycles. The number of hydrogen-bond donors (Lipinski definition) is 2.